The number of halogens is 1. The molecule has 1 saturated heterocycles. The fourth-order valence-corrected chi connectivity index (χ4v) is 3.14. The summed E-state index contributed by atoms with van der Waals surface area (Å²) in [6.07, 6.45) is 1.51. The average Bonchev–Trinajstić information content (AvgIpc) is 3.09. The van der Waals surface area contributed by atoms with Gasteiger partial charge in [-0.2, -0.15) is 0 Å². The number of carbonyl (C=O) groups excluding carboxylic acids is 1. The molecule has 1 amide bonds. The van der Waals surface area contributed by atoms with E-state index < -0.39 is 0 Å². The van der Waals surface area contributed by atoms with Crippen LogP contribution in [0.2, 0.25) is 0 Å². The minimum Gasteiger partial charge on any atom is -0.459 e. The molecule has 120 valence electrons. The number of furan rings is 1. The summed E-state index contributed by atoms with van der Waals surface area (Å²) in [5.41, 5.74) is 0.943. The monoisotopic (exact) mass is 393 g/mol. The minimum atomic E-state index is -0.0690. The third kappa shape index (κ3) is 3.92. The molecule has 5 nitrogen and oxygen atoms in total. The van der Waals surface area contributed by atoms with Gasteiger partial charge in [-0.25, -0.2) is 0 Å². The number of carbonyl (C=O) groups is 1. The molecule has 0 aliphatic carbocycles. The van der Waals surface area contributed by atoms with Crippen LogP contribution in [0.1, 0.15) is 10.6 Å². The maximum absolute atomic E-state index is 12.2. The lowest BCUT2D eigenvalue weighted by Crippen LogP contribution is -2.51. The van der Waals surface area contributed by atoms with Gasteiger partial charge in [0.25, 0.3) is 5.91 Å². The second-order valence-corrected chi connectivity index (χ2v) is 6.50. The fourth-order valence-electron chi connectivity index (χ4n) is 2.44. The van der Waals surface area contributed by atoms with Crippen molar-refractivity contribution in [3.8, 4) is 0 Å². The van der Waals surface area contributed by atoms with Gasteiger partial charge in [0.1, 0.15) is 0 Å². The highest BCUT2D eigenvalue weighted by Crippen LogP contribution is 2.17. The Kier molecular flexibility index (Phi) is 4.97. The van der Waals surface area contributed by atoms with Crippen LogP contribution in [0.4, 0.5) is 5.69 Å². The fraction of sp³-hybridized carbons (Fsp3) is 0.250. The summed E-state index contributed by atoms with van der Waals surface area (Å²) >= 11 is 8.90. The number of piperazine rings is 1. The molecule has 1 aliphatic rings. The summed E-state index contributed by atoms with van der Waals surface area (Å²) < 4.78 is 6.16. The first kappa shape index (κ1) is 16.0. The summed E-state index contributed by atoms with van der Waals surface area (Å²) in [7, 11) is 0. The number of nitrogens with zero attached hydrogens (tertiary/aromatic N) is 2. The Morgan fingerprint density at radius 2 is 1.87 bits per heavy atom. The van der Waals surface area contributed by atoms with Crippen molar-refractivity contribution in [1.82, 2.24) is 9.80 Å². The molecule has 0 unspecified atom stereocenters. The molecule has 3 rings (SSSR count). The van der Waals surface area contributed by atoms with Gasteiger partial charge in [-0.1, -0.05) is 22.0 Å². The Morgan fingerprint density at radius 1 is 1.13 bits per heavy atom. The van der Waals surface area contributed by atoms with Crippen molar-refractivity contribution < 1.29 is 9.21 Å². The van der Waals surface area contributed by atoms with Crippen molar-refractivity contribution in [1.29, 1.82) is 0 Å². The van der Waals surface area contributed by atoms with Crippen LogP contribution >= 0.6 is 28.1 Å². The predicted octanol–water partition coefficient (Wildman–Crippen LogP) is 3.20. The van der Waals surface area contributed by atoms with Crippen LogP contribution in [-0.2, 0) is 0 Å². The molecule has 23 heavy (non-hydrogen) atoms. The summed E-state index contributed by atoms with van der Waals surface area (Å²) in [5.74, 6) is 0.314. The van der Waals surface area contributed by atoms with Crippen molar-refractivity contribution >= 4 is 44.9 Å². The molecule has 0 radical (unpaired) electrons. The summed E-state index contributed by atoms with van der Waals surface area (Å²) in [6.45, 7) is 2.65. The van der Waals surface area contributed by atoms with Crippen LogP contribution in [0.25, 0.3) is 0 Å². The molecule has 1 fully saturated rings. The van der Waals surface area contributed by atoms with E-state index in [-0.39, 0.29) is 5.91 Å². The van der Waals surface area contributed by atoms with Crippen LogP contribution in [0.3, 0.4) is 0 Å². The number of nitrogens with one attached hydrogen (secondary N) is 1. The lowest BCUT2D eigenvalue weighted by Gasteiger charge is -2.35. The third-order valence-corrected chi connectivity index (χ3v) is 4.52. The van der Waals surface area contributed by atoms with Gasteiger partial charge in [0, 0.05) is 36.3 Å². The quantitative estimate of drug-likeness (QED) is 0.793. The van der Waals surface area contributed by atoms with Gasteiger partial charge in [0.05, 0.1) is 6.26 Å². The maximum atomic E-state index is 12.2. The van der Waals surface area contributed by atoms with Crippen molar-refractivity contribution in [2.24, 2.45) is 0 Å². The van der Waals surface area contributed by atoms with Gasteiger partial charge in [0.2, 0.25) is 0 Å². The average molecular weight is 394 g/mol. The summed E-state index contributed by atoms with van der Waals surface area (Å²) in [6, 6.07) is 11.3. The number of anilines is 1. The first-order valence-electron chi connectivity index (χ1n) is 7.28. The Hall–Kier alpha value is -1.86. The van der Waals surface area contributed by atoms with Gasteiger partial charge in [-0.3, -0.25) is 4.79 Å². The highest BCUT2D eigenvalue weighted by molar-refractivity contribution is 9.10. The lowest BCUT2D eigenvalue weighted by molar-refractivity contribution is 0.0661. The minimum absolute atomic E-state index is 0.0690. The van der Waals surface area contributed by atoms with Crippen molar-refractivity contribution in [3.63, 3.8) is 0 Å². The molecule has 1 aromatic carbocycles. The van der Waals surface area contributed by atoms with E-state index in [2.05, 4.69) is 26.1 Å². The second kappa shape index (κ2) is 7.14. The van der Waals surface area contributed by atoms with Crippen LogP contribution in [0, 0.1) is 0 Å². The van der Waals surface area contributed by atoms with Crippen LogP contribution in [0.5, 0.6) is 0 Å². The van der Waals surface area contributed by atoms with Gasteiger partial charge in [0.15, 0.2) is 10.9 Å². The van der Waals surface area contributed by atoms with Gasteiger partial charge < -0.3 is 19.5 Å². The number of hydrogen-bond acceptors (Lipinski definition) is 3. The van der Waals surface area contributed by atoms with E-state index in [1.165, 1.54) is 6.26 Å². The molecule has 0 spiro atoms. The third-order valence-electron chi connectivity index (χ3n) is 3.66. The molecule has 2 aromatic rings. The Bertz CT molecular complexity index is 697. The molecule has 1 aliphatic heterocycles. The zero-order chi connectivity index (χ0) is 16.2. The Labute approximate surface area is 148 Å². The molecule has 1 N–H and O–H groups in total. The SMILES string of the molecule is O=C(c1ccco1)N1CCN(C(=S)Nc2cccc(Br)c2)CC1. The number of rotatable bonds is 2. The second-order valence-electron chi connectivity index (χ2n) is 5.20. The Morgan fingerprint density at radius 3 is 2.52 bits per heavy atom. The van der Waals surface area contributed by atoms with Gasteiger partial charge in [-0.15, -0.1) is 0 Å². The highest BCUT2D eigenvalue weighted by atomic mass is 79.9. The van der Waals surface area contributed by atoms with Crippen LogP contribution in [-0.4, -0.2) is 47.0 Å². The zero-order valence-electron chi connectivity index (χ0n) is 12.4. The first-order valence-corrected chi connectivity index (χ1v) is 8.48. The largest absolute Gasteiger partial charge is 0.459 e. The van der Waals surface area contributed by atoms with Crippen molar-refractivity contribution in [2.75, 3.05) is 31.5 Å². The molecule has 7 heteroatoms. The zero-order valence-corrected chi connectivity index (χ0v) is 14.8. The maximum Gasteiger partial charge on any atom is 0.289 e. The molecule has 2 heterocycles. The van der Waals surface area contributed by atoms with Crippen molar-refractivity contribution in [2.45, 2.75) is 0 Å². The van der Waals surface area contributed by atoms with Crippen LogP contribution in [0.15, 0.2) is 51.6 Å². The smallest absolute Gasteiger partial charge is 0.289 e. The molecule has 0 atom stereocenters. The summed E-state index contributed by atoms with van der Waals surface area (Å²) in [4.78, 5) is 16.1. The van der Waals surface area contributed by atoms with E-state index in [1.807, 2.05) is 24.3 Å². The molecule has 0 saturated carbocycles. The topological polar surface area (TPSA) is 48.7 Å². The number of amides is 1. The normalized spacial score (nSPS) is 14.7. The summed E-state index contributed by atoms with van der Waals surface area (Å²) in [5, 5.41) is 3.90. The molecular weight excluding hydrogens is 378 g/mol. The van der Waals surface area contributed by atoms with Crippen molar-refractivity contribution in [3.05, 3.63) is 52.9 Å². The molecular formula is C16H16BrN3O2S. The standard InChI is InChI=1S/C16H16BrN3O2S/c17-12-3-1-4-13(11-12)18-16(23)20-8-6-19(7-9-20)15(21)14-5-2-10-22-14/h1-5,10-11H,6-9H2,(H,18,23). The first-order chi connectivity index (χ1) is 11.1. The molecule has 0 bridgehead atoms. The predicted molar refractivity (Wildman–Crippen MR) is 96.5 cm³/mol. The number of benzene rings is 1. The lowest BCUT2D eigenvalue weighted by atomic mass is 10.3. The van der Waals surface area contributed by atoms with E-state index in [9.17, 15) is 4.79 Å². The van der Waals surface area contributed by atoms with Gasteiger partial charge >= 0.3 is 0 Å². The van der Waals surface area contributed by atoms with Crippen LogP contribution < -0.4 is 5.32 Å². The van der Waals surface area contributed by atoms with E-state index in [1.54, 1.807) is 17.0 Å². The number of thiocarbonyl (C=S) groups is 1. The van der Waals surface area contributed by atoms with E-state index in [4.69, 9.17) is 16.6 Å². The van der Waals surface area contributed by atoms with Gasteiger partial charge in [-0.05, 0) is 42.5 Å². The number of hydrogen-bond donors (Lipinski definition) is 1. The van der Waals surface area contributed by atoms with E-state index in [0.29, 0.717) is 37.1 Å². The van der Waals surface area contributed by atoms with E-state index in [0.717, 1.165) is 10.2 Å². The molecule has 1 aromatic heterocycles. The van der Waals surface area contributed by atoms with E-state index >= 15 is 0 Å². The Balaban J connectivity index is 1.54. The highest BCUT2D eigenvalue weighted by Gasteiger charge is 2.24.